The molecule has 2 rings (SSSR count). The number of benzene rings is 2. The third-order valence-electron chi connectivity index (χ3n) is 4.20. The van der Waals surface area contributed by atoms with Crippen LogP contribution in [0.25, 0.3) is 0 Å². The third kappa shape index (κ3) is 4.19. The van der Waals surface area contributed by atoms with E-state index in [2.05, 4.69) is 0 Å². The van der Waals surface area contributed by atoms with Crippen molar-refractivity contribution in [3.63, 3.8) is 0 Å². The summed E-state index contributed by atoms with van der Waals surface area (Å²) in [7, 11) is 0. The van der Waals surface area contributed by atoms with Crippen LogP contribution in [-0.2, 0) is 16.0 Å². The first-order chi connectivity index (χ1) is 11.0. The van der Waals surface area contributed by atoms with E-state index in [4.69, 9.17) is 0 Å². The first kappa shape index (κ1) is 16.7. The van der Waals surface area contributed by atoms with Crippen LogP contribution in [0.1, 0.15) is 24.0 Å². The highest BCUT2D eigenvalue weighted by Gasteiger charge is 2.38. The molecule has 2 N–H and O–H groups in total. The largest absolute Gasteiger partial charge is 0.481 e. The molecule has 0 aliphatic heterocycles. The lowest BCUT2D eigenvalue weighted by molar-refractivity contribution is -0.154. The van der Waals surface area contributed by atoms with Crippen LogP contribution in [0.3, 0.4) is 0 Å². The monoisotopic (exact) mass is 312 g/mol. The van der Waals surface area contributed by atoms with E-state index in [0.717, 1.165) is 11.1 Å². The quantitative estimate of drug-likeness (QED) is 0.821. The molecule has 0 saturated carbocycles. The molecule has 4 heteroatoms. The van der Waals surface area contributed by atoms with Crippen molar-refractivity contribution in [2.24, 2.45) is 11.8 Å². The molecule has 23 heavy (non-hydrogen) atoms. The zero-order valence-corrected chi connectivity index (χ0v) is 12.9. The number of aliphatic carboxylic acids is 2. The molecule has 0 saturated heterocycles. The highest BCUT2D eigenvalue weighted by Crippen LogP contribution is 2.32. The van der Waals surface area contributed by atoms with Gasteiger partial charge in [0.1, 0.15) is 0 Å². The SMILES string of the molecule is C[C@H](c1ccccc1)[C@H](C(=O)O)[C@H](Cc1ccccc1)C(=O)O. The number of carboxylic acid groups (broad SMARTS) is 2. The number of hydrogen-bond acceptors (Lipinski definition) is 2. The molecular weight excluding hydrogens is 292 g/mol. The van der Waals surface area contributed by atoms with Crippen LogP contribution in [0.4, 0.5) is 0 Å². The maximum Gasteiger partial charge on any atom is 0.307 e. The maximum atomic E-state index is 11.8. The standard InChI is InChI=1S/C19H20O4/c1-13(15-10-6-3-7-11-15)17(19(22)23)16(18(20)21)12-14-8-4-2-5-9-14/h2-11,13,16-17H,12H2,1H3,(H,20,21)(H,22,23)/t13-,16+,17+/m1/s1. The summed E-state index contributed by atoms with van der Waals surface area (Å²) in [5.41, 5.74) is 1.66. The zero-order valence-electron chi connectivity index (χ0n) is 12.9. The molecule has 0 fully saturated rings. The summed E-state index contributed by atoms with van der Waals surface area (Å²) >= 11 is 0. The second-order valence-corrected chi connectivity index (χ2v) is 5.70. The number of carboxylic acids is 2. The average molecular weight is 312 g/mol. The lowest BCUT2D eigenvalue weighted by Gasteiger charge is -2.26. The van der Waals surface area contributed by atoms with Gasteiger partial charge in [0.15, 0.2) is 0 Å². The minimum Gasteiger partial charge on any atom is -0.481 e. The Morgan fingerprint density at radius 1 is 0.870 bits per heavy atom. The minimum absolute atomic E-state index is 0.199. The molecule has 0 aromatic heterocycles. The third-order valence-corrected chi connectivity index (χ3v) is 4.20. The van der Waals surface area contributed by atoms with Gasteiger partial charge in [0.05, 0.1) is 11.8 Å². The van der Waals surface area contributed by atoms with Crippen molar-refractivity contribution in [1.82, 2.24) is 0 Å². The zero-order chi connectivity index (χ0) is 16.8. The molecule has 0 heterocycles. The topological polar surface area (TPSA) is 74.6 Å². The van der Waals surface area contributed by atoms with E-state index >= 15 is 0 Å². The number of carbonyl (C=O) groups is 2. The van der Waals surface area contributed by atoms with Gasteiger partial charge in [0, 0.05) is 0 Å². The fourth-order valence-electron chi connectivity index (χ4n) is 2.93. The smallest absolute Gasteiger partial charge is 0.307 e. The molecular formula is C19H20O4. The predicted octanol–water partition coefficient (Wildman–Crippen LogP) is 3.43. The van der Waals surface area contributed by atoms with Gasteiger partial charge in [-0.05, 0) is 23.5 Å². The molecule has 0 unspecified atom stereocenters. The Bertz CT molecular complexity index is 652. The molecule has 120 valence electrons. The van der Waals surface area contributed by atoms with Crippen molar-refractivity contribution in [2.75, 3.05) is 0 Å². The molecule has 0 radical (unpaired) electrons. The van der Waals surface area contributed by atoms with Crippen molar-refractivity contribution in [2.45, 2.75) is 19.3 Å². The van der Waals surface area contributed by atoms with Crippen LogP contribution in [0.5, 0.6) is 0 Å². The molecule has 0 spiro atoms. The van der Waals surface area contributed by atoms with Crippen molar-refractivity contribution in [3.05, 3.63) is 71.8 Å². The minimum atomic E-state index is -1.08. The number of rotatable bonds is 7. The lowest BCUT2D eigenvalue weighted by atomic mass is 9.76. The van der Waals surface area contributed by atoms with Crippen LogP contribution in [-0.4, -0.2) is 22.2 Å². The second-order valence-electron chi connectivity index (χ2n) is 5.70. The van der Waals surface area contributed by atoms with E-state index in [0.29, 0.717) is 0 Å². The van der Waals surface area contributed by atoms with Gasteiger partial charge in [-0.3, -0.25) is 9.59 Å². The summed E-state index contributed by atoms with van der Waals surface area (Å²) in [6, 6.07) is 18.3. The average Bonchev–Trinajstić information content (AvgIpc) is 2.55. The summed E-state index contributed by atoms with van der Waals surface area (Å²) in [5, 5.41) is 19.2. The lowest BCUT2D eigenvalue weighted by Crippen LogP contribution is -2.35. The molecule has 3 atom stereocenters. The normalized spacial score (nSPS) is 14.7. The number of hydrogen-bond donors (Lipinski definition) is 2. The molecule has 0 bridgehead atoms. The van der Waals surface area contributed by atoms with Crippen molar-refractivity contribution in [3.8, 4) is 0 Å². The van der Waals surface area contributed by atoms with Gasteiger partial charge in [-0.1, -0.05) is 67.6 Å². The second kappa shape index (κ2) is 7.58. The molecule has 0 amide bonds. The van der Waals surface area contributed by atoms with E-state index < -0.39 is 29.7 Å². The van der Waals surface area contributed by atoms with E-state index in [1.54, 1.807) is 6.92 Å². The summed E-state index contributed by atoms with van der Waals surface area (Å²) in [4.78, 5) is 23.5. The predicted molar refractivity (Wildman–Crippen MR) is 87.3 cm³/mol. The molecule has 0 aliphatic carbocycles. The molecule has 0 aliphatic rings. The van der Waals surface area contributed by atoms with E-state index in [1.165, 1.54) is 0 Å². The van der Waals surface area contributed by atoms with Crippen LogP contribution in [0.15, 0.2) is 60.7 Å². The van der Waals surface area contributed by atoms with Gasteiger partial charge in [-0.2, -0.15) is 0 Å². The van der Waals surface area contributed by atoms with Gasteiger partial charge in [0.25, 0.3) is 0 Å². The Morgan fingerprint density at radius 2 is 1.39 bits per heavy atom. The maximum absolute atomic E-state index is 11.8. The summed E-state index contributed by atoms with van der Waals surface area (Å²) in [6.45, 7) is 1.77. The van der Waals surface area contributed by atoms with Crippen LogP contribution >= 0.6 is 0 Å². The van der Waals surface area contributed by atoms with Crippen molar-refractivity contribution < 1.29 is 19.8 Å². The van der Waals surface area contributed by atoms with E-state index in [1.807, 2.05) is 60.7 Å². The van der Waals surface area contributed by atoms with Crippen LogP contribution in [0, 0.1) is 11.8 Å². The van der Waals surface area contributed by atoms with Crippen LogP contribution in [0.2, 0.25) is 0 Å². The highest BCUT2D eigenvalue weighted by atomic mass is 16.4. The van der Waals surface area contributed by atoms with Gasteiger partial charge >= 0.3 is 11.9 Å². The first-order valence-electron chi connectivity index (χ1n) is 7.55. The Morgan fingerprint density at radius 3 is 1.87 bits per heavy atom. The van der Waals surface area contributed by atoms with Gasteiger partial charge in [-0.25, -0.2) is 0 Å². The Labute approximate surface area is 135 Å². The Hall–Kier alpha value is -2.62. The molecule has 2 aromatic carbocycles. The summed E-state index contributed by atoms with van der Waals surface area (Å²) in [5.74, 6) is -4.52. The van der Waals surface area contributed by atoms with Gasteiger partial charge in [0.2, 0.25) is 0 Å². The Kier molecular flexibility index (Phi) is 5.52. The first-order valence-corrected chi connectivity index (χ1v) is 7.55. The van der Waals surface area contributed by atoms with Crippen molar-refractivity contribution >= 4 is 11.9 Å². The molecule has 2 aromatic rings. The van der Waals surface area contributed by atoms with Gasteiger partial charge < -0.3 is 10.2 Å². The summed E-state index contributed by atoms with van der Waals surface area (Å²) < 4.78 is 0. The van der Waals surface area contributed by atoms with Crippen molar-refractivity contribution in [1.29, 1.82) is 0 Å². The Balaban J connectivity index is 2.32. The molecule has 4 nitrogen and oxygen atoms in total. The summed E-state index contributed by atoms with van der Waals surface area (Å²) in [6.07, 6.45) is 0.199. The highest BCUT2D eigenvalue weighted by molar-refractivity contribution is 5.81. The van der Waals surface area contributed by atoms with E-state index in [-0.39, 0.29) is 6.42 Å². The fraction of sp³-hybridized carbons (Fsp3) is 0.263. The van der Waals surface area contributed by atoms with Gasteiger partial charge in [-0.15, -0.1) is 0 Å². The van der Waals surface area contributed by atoms with E-state index in [9.17, 15) is 19.8 Å². The fourth-order valence-corrected chi connectivity index (χ4v) is 2.93. The van der Waals surface area contributed by atoms with Crippen LogP contribution < -0.4 is 0 Å².